The molecule has 2 unspecified atom stereocenters. The van der Waals surface area contributed by atoms with E-state index in [1.165, 1.54) is 26.7 Å². The Kier molecular flexibility index (Phi) is 7.82. The number of amides is 3. The number of primary amides is 1. The number of nitrogens with zero attached hydrogens (tertiary/aromatic N) is 2. The van der Waals surface area contributed by atoms with Crippen molar-refractivity contribution in [2.75, 3.05) is 26.2 Å². The topological polar surface area (TPSA) is 78.7 Å². The molecule has 2 fully saturated rings. The summed E-state index contributed by atoms with van der Waals surface area (Å²) in [5, 5.41) is 3.73. The SMILES string of the molecule is Cc1cc(Br)c2c(c1)CCC1=CC(Br)=CNC1C2C1CCN(C(=O)CC2CCN(C(N)=O)CC2)CC1. The van der Waals surface area contributed by atoms with Gasteiger partial charge in [0.15, 0.2) is 0 Å². The maximum atomic E-state index is 13.2. The van der Waals surface area contributed by atoms with E-state index in [4.69, 9.17) is 5.73 Å². The number of carbonyl (C=O) groups excluding carboxylic acids is 2. The third-order valence-corrected chi connectivity index (χ3v) is 9.76. The van der Waals surface area contributed by atoms with E-state index < -0.39 is 0 Å². The van der Waals surface area contributed by atoms with Crippen molar-refractivity contribution in [1.82, 2.24) is 15.1 Å². The Morgan fingerprint density at radius 2 is 1.72 bits per heavy atom. The molecule has 0 aromatic heterocycles. The van der Waals surface area contributed by atoms with Crippen molar-refractivity contribution < 1.29 is 9.59 Å². The van der Waals surface area contributed by atoms with E-state index in [1.807, 2.05) is 0 Å². The van der Waals surface area contributed by atoms with Crippen molar-refractivity contribution >= 4 is 43.8 Å². The summed E-state index contributed by atoms with van der Waals surface area (Å²) >= 11 is 7.61. The van der Waals surface area contributed by atoms with Crippen LogP contribution in [-0.2, 0) is 11.2 Å². The van der Waals surface area contributed by atoms with Crippen molar-refractivity contribution in [1.29, 1.82) is 0 Å². The summed E-state index contributed by atoms with van der Waals surface area (Å²) in [6.07, 6.45) is 10.9. The van der Waals surface area contributed by atoms with Gasteiger partial charge in [0.2, 0.25) is 5.91 Å². The first kappa shape index (κ1) is 25.8. The highest BCUT2D eigenvalue weighted by molar-refractivity contribution is 9.12. The number of hydrogen-bond donors (Lipinski definition) is 2. The smallest absolute Gasteiger partial charge is 0.314 e. The Bertz CT molecular complexity index is 1090. The zero-order valence-electron chi connectivity index (χ0n) is 20.9. The number of piperidine rings is 2. The summed E-state index contributed by atoms with van der Waals surface area (Å²) in [6.45, 7) is 5.16. The summed E-state index contributed by atoms with van der Waals surface area (Å²) in [4.78, 5) is 28.3. The fourth-order valence-electron chi connectivity index (χ4n) is 6.75. The highest BCUT2D eigenvalue weighted by Gasteiger charge is 2.40. The lowest BCUT2D eigenvalue weighted by molar-refractivity contribution is -0.134. The van der Waals surface area contributed by atoms with Gasteiger partial charge < -0.3 is 20.9 Å². The van der Waals surface area contributed by atoms with Gasteiger partial charge in [0.1, 0.15) is 0 Å². The number of benzene rings is 1. The molecule has 0 saturated carbocycles. The number of hydrogen-bond acceptors (Lipinski definition) is 3. The maximum Gasteiger partial charge on any atom is 0.314 e. The Morgan fingerprint density at radius 1 is 1.03 bits per heavy atom. The molecule has 8 heteroatoms. The number of likely N-dealkylation sites (tertiary alicyclic amines) is 2. The summed E-state index contributed by atoms with van der Waals surface area (Å²) in [6, 6.07) is 4.57. The zero-order valence-corrected chi connectivity index (χ0v) is 24.1. The van der Waals surface area contributed by atoms with E-state index in [2.05, 4.69) is 73.4 Å². The van der Waals surface area contributed by atoms with Gasteiger partial charge in [-0.1, -0.05) is 22.0 Å². The summed E-state index contributed by atoms with van der Waals surface area (Å²) in [7, 11) is 0. The molecule has 1 aliphatic carbocycles. The van der Waals surface area contributed by atoms with Crippen LogP contribution in [0.1, 0.15) is 61.1 Å². The fourth-order valence-corrected chi connectivity index (χ4v) is 8.05. The van der Waals surface area contributed by atoms with Crippen LogP contribution in [-0.4, -0.2) is 54.0 Å². The Hall–Kier alpha value is -1.80. The maximum absolute atomic E-state index is 13.2. The van der Waals surface area contributed by atoms with Crippen molar-refractivity contribution in [3.8, 4) is 0 Å². The Morgan fingerprint density at radius 3 is 2.42 bits per heavy atom. The summed E-state index contributed by atoms with van der Waals surface area (Å²) < 4.78 is 2.33. The van der Waals surface area contributed by atoms with Crippen LogP contribution in [0.25, 0.3) is 0 Å². The first-order chi connectivity index (χ1) is 17.3. The van der Waals surface area contributed by atoms with E-state index in [0.29, 0.717) is 37.3 Å². The minimum absolute atomic E-state index is 0.271. The molecule has 5 rings (SSSR count). The first-order valence-electron chi connectivity index (χ1n) is 13.2. The molecular formula is C28H36Br2N4O2. The molecule has 0 spiro atoms. The van der Waals surface area contributed by atoms with Gasteiger partial charge in [0.25, 0.3) is 0 Å². The van der Waals surface area contributed by atoms with Gasteiger partial charge in [-0.15, -0.1) is 0 Å². The predicted octanol–water partition coefficient (Wildman–Crippen LogP) is 5.34. The molecule has 2 atom stereocenters. The molecule has 0 radical (unpaired) electrons. The third-order valence-electron chi connectivity index (χ3n) is 8.65. The van der Waals surface area contributed by atoms with E-state index in [1.54, 1.807) is 4.90 Å². The van der Waals surface area contributed by atoms with Gasteiger partial charge in [0.05, 0.1) is 6.04 Å². The van der Waals surface area contributed by atoms with Gasteiger partial charge in [-0.05, 0) is 108 Å². The fraction of sp³-hybridized carbons (Fsp3) is 0.571. The molecule has 3 amide bonds. The lowest BCUT2D eigenvalue weighted by Gasteiger charge is -2.41. The van der Waals surface area contributed by atoms with E-state index in [0.717, 1.165) is 56.1 Å². The van der Waals surface area contributed by atoms with Gasteiger partial charge >= 0.3 is 6.03 Å². The van der Waals surface area contributed by atoms with Crippen molar-refractivity contribution in [2.24, 2.45) is 17.6 Å². The minimum atomic E-state index is -0.350. The Labute approximate surface area is 231 Å². The number of carbonyl (C=O) groups is 2. The van der Waals surface area contributed by atoms with Crippen LogP contribution in [0.2, 0.25) is 0 Å². The standard InChI is InChI=1S/C28H36Br2N4O2/c1-17-12-20-2-3-21-15-22(29)16-32-27(21)26(25(20)23(30)13-17)19-6-10-33(11-7-19)24(35)14-18-4-8-34(9-5-18)28(31)36/h12-13,15-16,18-19,26-27,32H,2-11,14H2,1H3,(H2,31,36). The molecule has 36 heavy (non-hydrogen) atoms. The number of rotatable bonds is 3. The van der Waals surface area contributed by atoms with E-state index >= 15 is 0 Å². The summed E-state index contributed by atoms with van der Waals surface area (Å²) in [5.41, 5.74) is 11.1. The van der Waals surface area contributed by atoms with E-state index in [-0.39, 0.29) is 18.0 Å². The lowest BCUT2D eigenvalue weighted by atomic mass is 9.73. The highest BCUT2D eigenvalue weighted by Crippen LogP contribution is 2.46. The second-order valence-corrected chi connectivity index (χ2v) is 12.7. The van der Waals surface area contributed by atoms with Crippen LogP contribution in [0.3, 0.4) is 0 Å². The van der Waals surface area contributed by atoms with Crippen molar-refractivity contribution in [3.05, 3.63) is 55.6 Å². The molecular weight excluding hydrogens is 584 g/mol. The third kappa shape index (κ3) is 5.40. The monoisotopic (exact) mass is 618 g/mol. The molecule has 194 valence electrons. The van der Waals surface area contributed by atoms with Gasteiger partial charge in [-0.2, -0.15) is 0 Å². The minimum Gasteiger partial charge on any atom is -0.383 e. The number of fused-ring (bicyclic) bond motifs is 2. The Balaban J connectivity index is 1.28. The van der Waals surface area contributed by atoms with E-state index in [9.17, 15) is 9.59 Å². The number of aryl methyl sites for hydroxylation is 2. The number of dihydropyridines is 1. The van der Waals surface area contributed by atoms with Gasteiger partial charge in [-0.3, -0.25) is 4.79 Å². The number of allylic oxidation sites excluding steroid dienone is 2. The molecule has 3 heterocycles. The van der Waals surface area contributed by atoms with Crippen LogP contribution >= 0.6 is 31.9 Å². The van der Waals surface area contributed by atoms with Gasteiger partial charge in [0, 0.05) is 53.7 Å². The number of nitrogens with one attached hydrogen (secondary N) is 1. The molecule has 0 bridgehead atoms. The molecule has 1 aromatic rings. The van der Waals surface area contributed by atoms with Gasteiger partial charge in [-0.25, -0.2) is 4.79 Å². The summed E-state index contributed by atoms with van der Waals surface area (Å²) in [5.74, 6) is 1.50. The van der Waals surface area contributed by atoms with Crippen LogP contribution in [0.4, 0.5) is 4.79 Å². The molecule has 6 nitrogen and oxygen atoms in total. The molecule has 1 aromatic carbocycles. The van der Waals surface area contributed by atoms with Crippen LogP contribution < -0.4 is 11.1 Å². The van der Waals surface area contributed by atoms with Crippen LogP contribution in [0, 0.1) is 18.8 Å². The highest BCUT2D eigenvalue weighted by atomic mass is 79.9. The molecule has 2 saturated heterocycles. The average molecular weight is 620 g/mol. The molecule has 3 N–H and O–H groups in total. The quantitative estimate of drug-likeness (QED) is 0.479. The first-order valence-corrected chi connectivity index (χ1v) is 14.8. The molecule has 3 aliphatic heterocycles. The van der Waals surface area contributed by atoms with Crippen LogP contribution in [0.15, 0.2) is 38.9 Å². The number of halogens is 2. The van der Waals surface area contributed by atoms with Crippen molar-refractivity contribution in [2.45, 2.75) is 63.8 Å². The largest absolute Gasteiger partial charge is 0.383 e. The predicted molar refractivity (Wildman–Crippen MR) is 150 cm³/mol. The molecule has 4 aliphatic rings. The second-order valence-electron chi connectivity index (χ2n) is 10.9. The number of urea groups is 1. The normalized spacial score (nSPS) is 25.2. The second kappa shape index (κ2) is 10.9. The zero-order chi connectivity index (χ0) is 25.4. The van der Waals surface area contributed by atoms with Crippen molar-refractivity contribution in [3.63, 3.8) is 0 Å². The van der Waals surface area contributed by atoms with Crippen LogP contribution in [0.5, 0.6) is 0 Å². The lowest BCUT2D eigenvalue weighted by Crippen LogP contribution is -2.45. The average Bonchev–Trinajstić information content (AvgIpc) is 3.01. The number of nitrogens with two attached hydrogens (primary N) is 1.